The van der Waals surface area contributed by atoms with Gasteiger partial charge in [0.15, 0.2) is 6.61 Å². The summed E-state index contributed by atoms with van der Waals surface area (Å²) in [4.78, 5) is 35.3. The molecule has 2 aromatic rings. The number of carbonyl (C=O) groups excluding carboxylic acids is 3. The van der Waals surface area contributed by atoms with Crippen LogP contribution in [0.1, 0.15) is 27.0 Å². The van der Waals surface area contributed by atoms with E-state index < -0.39 is 36.3 Å². The van der Waals surface area contributed by atoms with E-state index >= 15 is 0 Å². The summed E-state index contributed by atoms with van der Waals surface area (Å²) in [5, 5.41) is 4.48. The summed E-state index contributed by atoms with van der Waals surface area (Å²) in [6.07, 6.45) is -4.52. The van der Waals surface area contributed by atoms with Gasteiger partial charge in [-0.1, -0.05) is 17.7 Å². The number of alkyl halides is 3. The van der Waals surface area contributed by atoms with Crippen LogP contribution in [0.4, 0.5) is 23.7 Å². The van der Waals surface area contributed by atoms with Crippen molar-refractivity contribution in [3.63, 3.8) is 0 Å². The van der Waals surface area contributed by atoms with E-state index in [0.29, 0.717) is 5.69 Å². The Bertz CT molecular complexity index is 893. The molecule has 0 unspecified atom stereocenters. The number of anilines is 1. The number of imide groups is 1. The SMILES string of the molecule is Cc1ccc(NC(=O)NC(=O)COC(=O)c2ccc(C(F)(F)F)cc2)c(C)c1. The van der Waals surface area contributed by atoms with Crippen LogP contribution in [0.15, 0.2) is 42.5 Å². The average Bonchev–Trinajstić information content (AvgIpc) is 2.61. The first-order valence-electron chi connectivity index (χ1n) is 8.09. The molecule has 0 aromatic heterocycles. The second-order valence-electron chi connectivity index (χ2n) is 5.97. The minimum atomic E-state index is -4.52. The molecule has 3 amide bonds. The molecule has 2 N–H and O–H groups in total. The molecule has 0 heterocycles. The zero-order valence-electron chi connectivity index (χ0n) is 15.0. The molecule has 6 nitrogen and oxygen atoms in total. The van der Waals surface area contributed by atoms with Crippen LogP contribution in [0.5, 0.6) is 0 Å². The first-order valence-corrected chi connectivity index (χ1v) is 8.09. The lowest BCUT2D eigenvalue weighted by Crippen LogP contribution is -2.37. The Morgan fingerprint density at radius 3 is 2.21 bits per heavy atom. The van der Waals surface area contributed by atoms with Crippen LogP contribution < -0.4 is 10.6 Å². The molecule has 0 fully saturated rings. The van der Waals surface area contributed by atoms with Crippen molar-refractivity contribution in [2.75, 3.05) is 11.9 Å². The van der Waals surface area contributed by atoms with E-state index in [1.54, 1.807) is 19.1 Å². The van der Waals surface area contributed by atoms with Crippen LogP contribution in [0.2, 0.25) is 0 Å². The zero-order chi connectivity index (χ0) is 20.9. The molecule has 9 heteroatoms. The smallest absolute Gasteiger partial charge is 0.416 e. The van der Waals surface area contributed by atoms with Gasteiger partial charge in [0, 0.05) is 5.69 Å². The number of hydrogen-bond donors (Lipinski definition) is 2. The normalized spacial score (nSPS) is 10.9. The van der Waals surface area contributed by atoms with E-state index in [4.69, 9.17) is 4.74 Å². The zero-order valence-corrected chi connectivity index (χ0v) is 15.0. The Balaban J connectivity index is 1.84. The Kier molecular flexibility index (Phi) is 6.40. The summed E-state index contributed by atoms with van der Waals surface area (Å²) in [6.45, 7) is 2.92. The number of aryl methyl sites for hydroxylation is 2. The van der Waals surface area contributed by atoms with Gasteiger partial charge in [0.05, 0.1) is 11.1 Å². The molecular weight excluding hydrogens is 377 g/mol. The molecule has 28 heavy (non-hydrogen) atoms. The molecule has 148 valence electrons. The van der Waals surface area contributed by atoms with Crippen LogP contribution in [-0.2, 0) is 15.7 Å². The molecule has 0 bridgehead atoms. The summed E-state index contributed by atoms with van der Waals surface area (Å²) in [5.74, 6) is -1.87. The Hall–Kier alpha value is -3.36. The molecule has 0 aliphatic rings. The first kappa shape index (κ1) is 20.9. The van der Waals surface area contributed by atoms with Crippen LogP contribution in [0.3, 0.4) is 0 Å². The number of hydrogen-bond acceptors (Lipinski definition) is 4. The van der Waals surface area contributed by atoms with Crippen molar-refractivity contribution in [3.8, 4) is 0 Å². The summed E-state index contributed by atoms with van der Waals surface area (Å²) in [6, 6.07) is 7.86. The number of benzene rings is 2. The topological polar surface area (TPSA) is 84.5 Å². The minimum absolute atomic E-state index is 0.152. The number of esters is 1. The molecule has 0 saturated heterocycles. The van der Waals surface area contributed by atoms with E-state index in [1.807, 2.05) is 18.3 Å². The molecule has 0 aliphatic heterocycles. The highest BCUT2D eigenvalue weighted by Crippen LogP contribution is 2.29. The Morgan fingerprint density at radius 2 is 1.64 bits per heavy atom. The fourth-order valence-electron chi connectivity index (χ4n) is 2.28. The van der Waals surface area contributed by atoms with Crippen LogP contribution in [0.25, 0.3) is 0 Å². The third kappa shape index (κ3) is 5.83. The number of halogens is 3. The predicted molar refractivity (Wildman–Crippen MR) is 94.8 cm³/mol. The van der Waals surface area contributed by atoms with E-state index in [1.165, 1.54) is 0 Å². The van der Waals surface area contributed by atoms with Gasteiger partial charge in [0.25, 0.3) is 5.91 Å². The number of nitrogens with one attached hydrogen (secondary N) is 2. The summed E-state index contributed by atoms with van der Waals surface area (Å²) < 4.78 is 42.2. The Labute approximate surface area is 158 Å². The molecule has 0 saturated carbocycles. The highest BCUT2D eigenvalue weighted by molar-refractivity contribution is 6.02. The van der Waals surface area contributed by atoms with Crippen molar-refractivity contribution in [1.29, 1.82) is 0 Å². The van der Waals surface area contributed by atoms with Gasteiger partial charge in [0.2, 0.25) is 0 Å². The van der Waals surface area contributed by atoms with E-state index in [-0.39, 0.29) is 5.56 Å². The quantitative estimate of drug-likeness (QED) is 0.772. The molecule has 2 rings (SSSR count). The maximum Gasteiger partial charge on any atom is 0.416 e. The Morgan fingerprint density at radius 1 is 1.00 bits per heavy atom. The van der Waals surface area contributed by atoms with Gasteiger partial charge in [0.1, 0.15) is 0 Å². The molecular formula is C19H17F3N2O4. The monoisotopic (exact) mass is 394 g/mol. The number of urea groups is 1. The van der Waals surface area contributed by atoms with Crippen molar-refractivity contribution in [1.82, 2.24) is 5.32 Å². The van der Waals surface area contributed by atoms with Crippen molar-refractivity contribution in [2.45, 2.75) is 20.0 Å². The van der Waals surface area contributed by atoms with Gasteiger partial charge in [-0.3, -0.25) is 10.1 Å². The number of carbonyl (C=O) groups is 3. The molecule has 0 atom stereocenters. The van der Waals surface area contributed by atoms with Crippen molar-refractivity contribution in [3.05, 3.63) is 64.7 Å². The molecule has 0 spiro atoms. The fourth-order valence-corrected chi connectivity index (χ4v) is 2.28. The highest BCUT2D eigenvalue weighted by atomic mass is 19.4. The predicted octanol–water partition coefficient (Wildman–Crippen LogP) is 3.83. The second-order valence-corrected chi connectivity index (χ2v) is 5.97. The lowest BCUT2D eigenvalue weighted by atomic mass is 10.1. The largest absolute Gasteiger partial charge is 0.452 e. The van der Waals surface area contributed by atoms with Gasteiger partial charge in [-0.25, -0.2) is 9.59 Å². The molecule has 0 radical (unpaired) electrons. The van der Waals surface area contributed by atoms with Crippen molar-refractivity contribution >= 4 is 23.6 Å². The third-order valence-corrected chi connectivity index (χ3v) is 3.67. The minimum Gasteiger partial charge on any atom is -0.452 e. The van der Waals surface area contributed by atoms with Gasteiger partial charge in [-0.15, -0.1) is 0 Å². The first-order chi connectivity index (χ1) is 13.1. The van der Waals surface area contributed by atoms with Gasteiger partial charge in [-0.05, 0) is 49.7 Å². The number of rotatable bonds is 4. The fraction of sp³-hybridized carbons (Fsp3) is 0.211. The van der Waals surface area contributed by atoms with Crippen LogP contribution in [0, 0.1) is 13.8 Å². The van der Waals surface area contributed by atoms with Crippen LogP contribution >= 0.6 is 0 Å². The summed E-state index contributed by atoms with van der Waals surface area (Å²) >= 11 is 0. The molecule has 2 aromatic carbocycles. The standard InChI is InChI=1S/C19H17F3N2O4/c1-11-3-8-15(12(2)9-11)23-18(27)24-16(25)10-28-17(26)13-4-6-14(7-5-13)19(20,21)22/h3-9H,10H2,1-2H3,(H2,23,24,25,27). The second kappa shape index (κ2) is 8.55. The van der Waals surface area contributed by atoms with Gasteiger partial charge >= 0.3 is 18.2 Å². The van der Waals surface area contributed by atoms with E-state index in [9.17, 15) is 27.6 Å². The lowest BCUT2D eigenvalue weighted by Gasteiger charge is -2.10. The number of ether oxygens (including phenoxy) is 1. The summed E-state index contributed by atoms with van der Waals surface area (Å²) in [5.41, 5.74) is 1.26. The van der Waals surface area contributed by atoms with Crippen molar-refractivity contribution in [2.24, 2.45) is 0 Å². The average molecular weight is 394 g/mol. The number of amides is 3. The third-order valence-electron chi connectivity index (χ3n) is 3.67. The molecule has 0 aliphatic carbocycles. The van der Waals surface area contributed by atoms with Crippen LogP contribution in [-0.4, -0.2) is 24.5 Å². The van der Waals surface area contributed by atoms with E-state index in [0.717, 1.165) is 35.4 Å². The lowest BCUT2D eigenvalue weighted by molar-refractivity contribution is -0.137. The summed E-state index contributed by atoms with van der Waals surface area (Å²) in [7, 11) is 0. The maximum absolute atomic E-state index is 12.5. The maximum atomic E-state index is 12.5. The van der Waals surface area contributed by atoms with Gasteiger partial charge in [-0.2, -0.15) is 13.2 Å². The highest BCUT2D eigenvalue weighted by Gasteiger charge is 2.30. The van der Waals surface area contributed by atoms with E-state index in [2.05, 4.69) is 5.32 Å². The van der Waals surface area contributed by atoms with Gasteiger partial charge < -0.3 is 10.1 Å². The van der Waals surface area contributed by atoms with Crippen molar-refractivity contribution < 1.29 is 32.3 Å².